The van der Waals surface area contributed by atoms with Crippen molar-refractivity contribution in [1.29, 1.82) is 0 Å². The number of carbonyl (C=O) groups excluding carboxylic acids is 7. The lowest BCUT2D eigenvalue weighted by Gasteiger charge is -2.39. The van der Waals surface area contributed by atoms with Crippen molar-refractivity contribution in [2.45, 2.75) is 598 Å². The van der Waals surface area contributed by atoms with E-state index in [2.05, 4.69) is 154 Å². The Hall–Kier alpha value is -4.72. The van der Waals surface area contributed by atoms with Crippen LogP contribution in [0.3, 0.4) is 0 Å². The molecule has 4 fully saturated rings. The first-order chi connectivity index (χ1) is 60.2. The molecule has 5 rings (SSSR count). The molecule has 1 aromatic carbocycles. The summed E-state index contributed by atoms with van der Waals surface area (Å²) in [6.07, 6.45) is -7.55. The molecule has 920 valence electrons. The van der Waals surface area contributed by atoms with Gasteiger partial charge in [0.1, 0.15) is 11.7 Å². The fraction of sp³-hybridized carbons (Fsp3) is 0.892. The molecular weight excluding hydrogens is 1990 g/mol. The highest BCUT2D eigenvalue weighted by Gasteiger charge is 2.71. The number of methoxy groups -OCH3 is 1. The van der Waals surface area contributed by atoms with Gasteiger partial charge in [-0.2, -0.15) is 52.7 Å². The third kappa shape index (κ3) is 76.8. The van der Waals surface area contributed by atoms with E-state index in [0.29, 0.717) is 56.3 Å². The number of benzene rings is 1. The fourth-order valence-electron chi connectivity index (χ4n) is 13.6. The lowest BCUT2D eigenvalue weighted by atomic mass is 9.72. The Morgan fingerprint density at radius 1 is 0.373 bits per heavy atom. The van der Waals surface area contributed by atoms with Crippen molar-refractivity contribution in [2.24, 2.45) is 78.8 Å². The van der Waals surface area contributed by atoms with E-state index in [4.69, 9.17) is 28.8 Å². The SMILES string of the molecule is C.C.C.C.C.C.C.C.C.C.C.C.C.C.C.C.CCC(C)(C)C(=O)OC.CCC(C)(C)C(=O)OC(C(F)(F)F)C(F)(F)F.CCC(C)(C)C(=O)OC(C)(C)C1CCC(C)CC1.CCC(C)(C)C(=O)OC1CCC(C(C)(C)C)CC1.CCC(C)(C)C(=O)OCCC[Si](C)(C)C.CCC(C)(C)C(=O)OCCC[Si](C)(C)C.CCC(C)(C)C(=O)OCC[Si](C)(C)C.CCC(C)c1ccccc1.OC(CC1CC2CCC1C2)(C(F)(F)F)C(F)(F)F. The Labute approximate surface area is 925 Å². The van der Waals surface area contributed by atoms with Crippen molar-refractivity contribution < 1.29 is 125 Å². The molecule has 4 saturated carbocycles. The Balaban J connectivity index is -0.0000000699. The molecule has 1 aromatic rings. The van der Waals surface area contributed by atoms with Crippen LogP contribution in [0.5, 0.6) is 0 Å². The molecule has 4 aliphatic rings. The van der Waals surface area contributed by atoms with Gasteiger partial charge in [-0.3, -0.25) is 33.6 Å². The van der Waals surface area contributed by atoms with Crippen LogP contribution in [0.2, 0.25) is 77.1 Å². The summed E-state index contributed by atoms with van der Waals surface area (Å²) in [5.41, 5.74) is -6.40. The number of fused-ring (bicyclic) bond motifs is 2. The van der Waals surface area contributed by atoms with Crippen LogP contribution >= 0.6 is 0 Å². The topological polar surface area (TPSA) is 204 Å². The van der Waals surface area contributed by atoms with Crippen molar-refractivity contribution >= 4 is 66.0 Å². The third-order valence-corrected chi connectivity index (χ3v) is 33.1. The lowest BCUT2D eigenvalue weighted by molar-refractivity contribution is -0.373. The van der Waals surface area contributed by atoms with Gasteiger partial charge < -0.3 is 38.3 Å². The number of alkyl halides is 12. The van der Waals surface area contributed by atoms with Crippen molar-refractivity contribution in [2.75, 3.05) is 26.9 Å². The zero-order valence-electron chi connectivity index (χ0n) is 90.8. The average molecular weight is 2250 g/mol. The van der Waals surface area contributed by atoms with Crippen molar-refractivity contribution in [3.05, 3.63) is 35.9 Å². The number of rotatable bonds is 33. The Morgan fingerprint density at radius 3 is 0.940 bits per heavy atom. The molecule has 0 aromatic heterocycles. The maximum Gasteiger partial charge on any atom is 0.434 e. The fourth-order valence-corrected chi connectivity index (χ4v) is 16.8. The predicted octanol–water partition coefficient (Wildman–Crippen LogP) is 41.9. The van der Waals surface area contributed by atoms with E-state index >= 15 is 0 Å². The van der Waals surface area contributed by atoms with Crippen LogP contribution in [0.1, 0.15) is 479 Å². The second-order valence-electron chi connectivity index (χ2n) is 47.5. The molecule has 0 saturated heterocycles. The first-order valence-corrected chi connectivity index (χ1v) is 60.6. The molecular formula is C120H254F12O15Si3. The van der Waals surface area contributed by atoms with Gasteiger partial charge in [-0.25, -0.2) is 0 Å². The van der Waals surface area contributed by atoms with Gasteiger partial charge in [0.05, 0.1) is 64.8 Å². The number of esters is 7. The number of ether oxygens (including phenoxy) is 7. The van der Waals surface area contributed by atoms with Crippen molar-refractivity contribution in [1.82, 2.24) is 0 Å². The molecule has 1 N–H and O–H groups in total. The van der Waals surface area contributed by atoms with Gasteiger partial charge in [0, 0.05) is 24.2 Å². The summed E-state index contributed by atoms with van der Waals surface area (Å²) >= 11 is 0. The molecule has 0 heterocycles. The van der Waals surface area contributed by atoms with Crippen molar-refractivity contribution in [3.8, 4) is 0 Å². The number of aliphatic hydroxyl groups is 1. The standard InChI is InChI=1S/2C16H30O2.2C12H26O2Si.C11H14F6O.C11H24O2Si.C10H14.C9H12F6O2.C7H14O2.16CH4/c1-7-16(5,6)14(17)18-13-10-8-12(9-11-13)15(2,3)4;1-7-15(3,4)14(17)18-16(5,6)13-10-8-12(2)9-11-13;2*1-7-12(2,3)11(13)14-9-8-10-15(4,5)6;12-10(13,14)9(18,11(15,16)17)5-8-4-6-1-2-7(8)3-6;1-7-11(2,3)10(12)13-8-9-14(4,5)6;1-3-9(2)10-7-5-4-6-8-10;1-4-7(2,3)6(16)17-5(8(10,11)12)9(13,14)15;1-5-7(2,3)6(8)9-4;;;;;;;;;;;;;;;;/h2*12-13H,7-11H2,1-6H3;2*7-10H2,1-6H3;6-8,18H,1-5H2;7-9H2,1-6H3;4-9H,3H2,1-2H3;5H,4H2,1-3H3;5H2,1-4H3;16*1H4. The van der Waals surface area contributed by atoms with E-state index in [1.54, 1.807) is 0 Å². The minimum absolute atomic E-state index is 0. The highest BCUT2D eigenvalue weighted by atomic mass is 28.3. The minimum atomic E-state index is -5.67. The normalized spacial score (nSPS) is 17.0. The van der Waals surface area contributed by atoms with E-state index < -0.39 is 84.4 Å². The summed E-state index contributed by atoms with van der Waals surface area (Å²) in [7, 11) is -1.60. The van der Waals surface area contributed by atoms with E-state index in [0.717, 1.165) is 88.5 Å². The summed E-state index contributed by atoms with van der Waals surface area (Å²) in [6.45, 7) is 79.7. The molecule has 0 amide bonds. The van der Waals surface area contributed by atoms with Crippen LogP contribution in [0.25, 0.3) is 0 Å². The molecule has 4 atom stereocenters. The highest BCUT2D eigenvalue weighted by Crippen LogP contribution is 2.56. The number of halogens is 12. The lowest BCUT2D eigenvalue weighted by Crippen LogP contribution is -2.58. The zero-order chi connectivity index (χ0) is 106. The first kappa shape index (κ1) is 193. The molecule has 0 spiro atoms. The molecule has 4 unspecified atom stereocenters. The molecule has 0 aliphatic heterocycles. The second-order valence-corrected chi connectivity index (χ2v) is 64.3. The molecule has 4 aliphatic carbocycles. The zero-order valence-corrected chi connectivity index (χ0v) is 93.8. The molecule has 0 radical (unpaired) electrons. The number of hydrogen-bond acceptors (Lipinski definition) is 15. The summed E-state index contributed by atoms with van der Waals surface area (Å²) in [5, 5.41) is 9.12. The van der Waals surface area contributed by atoms with E-state index in [1.807, 2.05) is 125 Å². The van der Waals surface area contributed by atoms with Gasteiger partial charge in [-0.15, -0.1) is 0 Å². The largest absolute Gasteiger partial charge is 0.469 e. The number of carbonyl (C=O) groups is 7. The minimum Gasteiger partial charge on any atom is -0.469 e. The van der Waals surface area contributed by atoms with Gasteiger partial charge >= 0.3 is 66.5 Å². The van der Waals surface area contributed by atoms with Crippen LogP contribution in [0.15, 0.2) is 30.3 Å². The van der Waals surface area contributed by atoms with Gasteiger partial charge in [-0.1, -0.05) is 329 Å². The maximum absolute atomic E-state index is 12.5. The monoisotopic (exact) mass is 2250 g/mol. The molecule has 15 nitrogen and oxygen atoms in total. The van der Waals surface area contributed by atoms with Crippen molar-refractivity contribution in [3.63, 3.8) is 0 Å². The molecule has 2 bridgehead atoms. The van der Waals surface area contributed by atoms with Crippen LogP contribution in [-0.4, -0.2) is 146 Å². The summed E-state index contributed by atoms with van der Waals surface area (Å²) in [5.74, 6) is 0.411. The maximum atomic E-state index is 12.5. The van der Waals surface area contributed by atoms with Gasteiger partial charge in [0.15, 0.2) is 0 Å². The van der Waals surface area contributed by atoms with Crippen LogP contribution in [0.4, 0.5) is 52.7 Å². The summed E-state index contributed by atoms with van der Waals surface area (Å²) < 4.78 is 183. The highest BCUT2D eigenvalue weighted by molar-refractivity contribution is 6.76. The second kappa shape index (κ2) is 82.7. The molecule has 150 heavy (non-hydrogen) atoms. The Morgan fingerprint density at radius 2 is 0.673 bits per heavy atom. The quantitative estimate of drug-likeness (QED) is 0.0228. The van der Waals surface area contributed by atoms with Crippen LogP contribution < -0.4 is 0 Å². The van der Waals surface area contributed by atoms with Gasteiger partial charge in [0.25, 0.3) is 11.7 Å². The summed E-state index contributed by atoms with van der Waals surface area (Å²) in [6, 6.07) is 14.1. The summed E-state index contributed by atoms with van der Waals surface area (Å²) in [4.78, 5) is 81.0. The Bertz CT molecular complexity index is 3420. The van der Waals surface area contributed by atoms with Gasteiger partial charge in [-0.05, 0) is 298 Å². The Kier molecular flexibility index (Phi) is 106. The smallest absolute Gasteiger partial charge is 0.434 e. The predicted molar refractivity (Wildman–Crippen MR) is 635 cm³/mol. The molecule has 30 heteroatoms. The number of hydrogen-bond donors (Lipinski definition) is 1. The third-order valence-electron chi connectivity index (χ3n) is 27.6. The van der Waals surface area contributed by atoms with Crippen LogP contribution in [0, 0.1) is 78.8 Å². The van der Waals surface area contributed by atoms with E-state index in [9.17, 15) is 86.2 Å². The van der Waals surface area contributed by atoms with E-state index in [1.165, 1.54) is 90.5 Å². The van der Waals surface area contributed by atoms with Gasteiger partial charge in [0.2, 0.25) is 0 Å². The van der Waals surface area contributed by atoms with Crippen LogP contribution in [-0.2, 0) is 66.7 Å². The van der Waals surface area contributed by atoms with E-state index in [-0.39, 0.29) is 217 Å². The average Bonchev–Trinajstić information content (AvgIpc) is 1.55. The first-order valence-electron chi connectivity index (χ1n) is 49.5.